The molecule has 0 fully saturated rings. The van der Waals surface area contributed by atoms with E-state index in [0.717, 1.165) is 31.4 Å². The van der Waals surface area contributed by atoms with E-state index >= 15 is 0 Å². The molecule has 0 aromatic heterocycles. The number of methoxy groups -OCH3 is 1. The third kappa shape index (κ3) is 4.69. The lowest BCUT2D eigenvalue weighted by Crippen LogP contribution is -2.49. The molecule has 116 valence electrons. The zero-order valence-corrected chi connectivity index (χ0v) is 10.7. The second-order valence-corrected chi connectivity index (χ2v) is 4.25. The van der Waals surface area contributed by atoms with Gasteiger partial charge in [0.15, 0.2) is 11.5 Å². The Kier molecular flexibility index (Phi) is 4.87. The lowest BCUT2D eigenvalue weighted by atomic mass is 9.92. The Morgan fingerprint density at radius 2 is 1.86 bits per heavy atom. The molecule has 0 saturated carbocycles. The fraction of sp³-hybridized carbons (Fsp3) is 0.417. The molecule has 0 heterocycles. The van der Waals surface area contributed by atoms with Gasteiger partial charge in [-0.2, -0.15) is 13.2 Å². The van der Waals surface area contributed by atoms with Crippen LogP contribution in [0.4, 0.5) is 17.6 Å². The number of halogens is 4. The maximum atomic E-state index is 14.3. The summed E-state index contributed by atoms with van der Waals surface area (Å²) in [6, 6.07) is -1.85. The lowest BCUT2D eigenvalue weighted by molar-refractivity contribution is -0.176. The predicted octanol–water partition coefficient (Wildman–Crippen LogP) is 1.000. The summed E-state index contributed by atoms with van der Waals surface area (Å²) < 4.78 is 55.0. The molecule has 21 heavy (non-hydrogen) atoms. The number of nitrogens with one attached hydrogen (secondary N) is 1. The summed E-state index contributed by atoms with van der Waals surface area (Å²) in [7, 11) is 0.885. The van der Waals surface area contributed by atoms with Gasteiger partial charge in [-0.3, -0.25) is 9.59 Å². The highest BCUT2D eigenvalue weighted by molar-refractivity contribution is 6.00. The molecule has 1 aliphatic carbocycles. The molecule has 0 spiro atoms. The minimum absolute atomic E-state index is 0.503. The summed E-state index contributed by atoms with van der Waals surface area (Å²) >= 11 is 0. The van der Waals surface area contributed by atoms with Crippen LogP contribution in [0.5, 0.6) is 0 Å². The van der Waals surface area contributed by atoms with Crippen LogP contribution in [0.1, 0.15) is 6.42 Å². The molecule has 1 rings (SSSR count). The first kappa shape index (κ1) is 16.9. The molecule has 0 aliphatic heterocycles. The first-order valence-electron chi connectivity index (χ1n) is 5.64. The second-order valence-electron chi connectivity index (χ2n) is 4.25. The molecule has 1 amide bonds. The van der Waals surface area contributed by atoms with E-state index in [2.05, 4.69) is 4.74 Å². The van der Waals surface area contributed by atoms with Gasteiger partial charge in [0.05, 0.1) is 7.11 Å². The molecule has 1 aliphatic rings. The Morgan fingerprint density at radius 3 is 2.29 bits per heavy atom. The molecule has 5 nitrogen and oxygen atoms in total. The fourth-order valence-corrected chi connectivity index (χ4v) is 1.58. The Labute approximate surface area is 116 Å². The summed E-state index contributed by atoms with van der Waals surface area (Å²) in [4.78, 5) is 33.1. The van der Waals surface area contributed by atoms with Crippen molar-refractivity contribution in [2.45, 2.75) is 24.3 Å². The smallest absolute Gasteiger partial charge is 0.467 e. The molecule has 0 aromatic rings. The van der Waals surface area contributed by atoms with Gasteiger partial charge in [-0.15, -0.1) is 0 Å². The average molecular weight is 309 g/mol. The average Bonchev–Trinajstić information content (AvgIpc) is 2.39. The summed E-state index contributed by atoms with van der Waals surface area (Å²) in [5, 5.41) is 1.36. The van der Waals surface area contributed by atoms with Crippen molar-refractivity contribution >= 4 is 17.7 Å². The largest absolute Gasteiger partial charge is 0.471 e. The number of ketones is 1. The van der Waals surface area contributed by atoms with E-state index in [4.69, 9.17) is 0 Å². The SMILES string of the molecule is COC(=O)[C@H](CC1(F)C=CC(=O)C=C1)NC(=O)C(F)(F)F. The predicted molar refractivity (Wildman–Crippen MR) is 61.7 cm³/mol. The molecule has 0 aromatic carbocycles. The first-order chi connectivity index (χ1) is 9.57. The Bertz CT molecular complexity index is 494. The van der Waals surface area contributed by atoms with Crippen molar-refractivity contribution < 1.29 is 36.7 Å². The summed E-state index contributed by atoms with van der Waals surface area (Å²) in [6.45, 7) is 0. The monoisotopic (exact) mass is 309 g/mol. The minimum Gasteiger partial charge on any atom is -0.467 e. The van der Waals surface area contributed by atoms with E-state index in [0.29, 0.717) is 0 Å². The van der Waals surface area contributed by atoms with E-state index in [1.807, 2.05) is 0 Å². The van der Waals surface area contributed by atoms with Crippen molar-refractivity contribution in [1.29, 1.82) is 0 Å². The third-order valence-corrected chi connectivity index (χ3v) is 2.61. The summed E-state index contributed by atoms with van der Waals surface area (Å²) in [6.07, 6.45) is -2.71. The number of amides is 1. The number of esters is 1. The summed E-state index contributed by atoms with van der Waals surface area (Å²) in [5.41, 5.74) is -2.34. The van der Waals surface area contributed by atoms with Gasteiger partial charge in [-0.05, 0) is 24.3 Å². The third-order valence-electron chi connectivity index (χ3n) is 2.61. The van der Waals surface area contributed by atoms with Gasteiger partial charge < -0.3 is 10.1 Å². The number of hydrogen-bond acceptors (Lipinski definition) is 4. The van der Waals surface area contributed by atoms with Crippen LogP contribution < -0.4 is 5.32 Å². The van der Waals surface area contributed by atoms with E-state index in [9.17, 15) is 31.9 Å². The molecular formula is C12H11F4NO4. The molecule has 0 saturated heterocycles. The number of allylic oxidation sites excluding steroid dienone is 4. The van der Waals surface area contributed by atoms with Gasteiger partial charge >= 0.3 is 18.1 Å². The van der Waals surface area contributed by atoms with E-state index in [1.165, 1.54) is 5.32 Å². The molecule has 0 unspecified atom stereocenters. The van der Waals surface area contributed by atoms with Crippen LogP contribution in [-0.4, -0.2) is 42.7 Å². The van der Waals surface area contributed by atoms with Gasteiger partial charge in [-0.1, -0.05) is 0 Å². The zero-order chi connectivity index (χ0) is 16.3. The number of hydrogen-bond donors (Lipinski definition) is 1. The number of carbonyl (C=O) groups is 3. The van der Waals surface area contributed by atoms with Crippen LogP contribution in [0.2, 0.25) is 0 Å². The van der Waals surface area contributed by atoms with Crippen molar-refractivity contribution in [3.8, 4) is 0 Å². The van der Waals surface area contributed by atoms with Gasteiger partial charge in [0.25, 0.3) is 0 Å². The van der Waals surface area contributed by atoms with E-state index in [1.54, 1.807) is 0 Å². The Balaban J connectivity index is 2.87. The van der Waals surface area contributed by atoms with Crippen molar-refractivity contribution in [1.82, 2.24) is 5.32 Å². The van der Waals surface area contributed by atoms with Crippen LogP contribution in [0, 0.1) is 0 Å². The topological polar surface area (TPSA) is 72.5 Å². The van der Waals surface area contributed by atoms with Crippen LogP contribution in [0.15, 0.2) is 24.3 Å². The van der Waals surface area contributed by atoms with Crippen molar-refractivity contribution in [3.05, 3.63) is 24.3 Å². The van der Waals surface area contributed by atoms with Gasteiger partial charge in [0, 0.05) is 6.42 Å². The summed E-state index contributed by atoms with van der Waals surface area (Å²) in [5.74, 6) is -4.12. The maximum Gasteiger partial charge on any atom is 0.471 e. The van der Waals surface area contributed by atoms with E-state index in [-0.39, 0.29) is 0 Å². The zero-order valence-electron chi connectivity index (χ0n) is 10.7. The highest BCUT2D eigenvalue weighted by Gasteiger charge is 2.43. The molecule has 9 heteroatoms. The van der Waals surface area contributed by atoms with Crippen molar-refractivity contribution in [2.75, 3.05) is 7.11 Å². The normalized spacial score (nSPS) is 18.2. The Morgan fingerprint density at radius 1 is 1.33 bits per heavy atom. The highest BCUT2D eigenvalue weighted by atomic mass is 19.4. The van der Waals surface area contributed by atoms with Crippen molar-refractivity contribution in [2.24, 2.45) is 0 Å². The lowest BCUT2D eigenvalue weighted by Gasteiger charge is -2.25. The number of alkyl halides is 4. The minimum atomic E-state index is -5.22. The Hall–Kier alpha value is -2.19. The van der Waals surface area contributed by atoms with Gasteiger partial charge in [0.2, 0.25) is 0 Å². The quantitative estimate of drug-likeness (QED) is 0.621. The molecule has 1 N–H and O–H groups in total. The van der Waals surface area contributed by atoms with Crippen molar-refractivity contribution in [3.63, 3.8) is 0 Å². The van der Waals surface area contributed by atoms with E-state index < -0.39 is 42.0 Å². The maximum absolute atomic E-state index is 14.3. The second kappa shape index (κ2) is 6.06. The molecule has 0 bridgehead atoms. The molecular weight excluding hydrogens is 298 g/mol. The van der Waals surface area contributed by atoms with Gasteiger partial charge in [0.1, 0.15) is 6.04 Å². The first-order valence-corrected chi connectivity index (χ1v) is 5.64. The van der Waals surface area contributed by atoms with Crippen LogP contribution in [0.25, 0.3) is 0 Å². The molecule has 1 atom stereocenters. The standard InChI is InChI=1S/C12H11F4NO4/c1-21-9(19)8(17-10(20)12(14,15)16)6-11(13)4-2-7(18)3-5-11/h2-5,8H,6H2,1H3,(H,17,20)/t8-/m0/s1. The highest BCUT2D eigenvalue weighted by Crippen LogP contribution is 2.26. The van der Waals surface area contributed by atoms with Crippen LogP contribution in [-0.2, 0) is 19.1 Å². The fourth-order valence-electron chi connectivity index (χ4n) is 1.58. The molecule has 0 radical (unpaired) electrons. The number of ether oxygens (including phenoxy) is 1. The number of rotatable bonds is 4. The van der Waals surface area contributed by atoms with Crippen LogP contribution in [0.3, 0.4) is 0 Å². The van der Waals surface area contributed by atoms with Gasteiger partial charge in [-0.25, -0.2) is 9.18 Å². The van der Waals surface area contributed by atoms with Crippen LogP contribution >= 0.6 is 0 Å². The number of carbonyl (C=O) groups excluding carboxylic acids is 3.